The first-order chi connectivity index (χ1) is 12.7. The molecule has 0 aliphatic rings. The number of nitrogens with two attached hydrogens (primary N) is 1. The average molecular weight is 355 g/mol. The summed E-state index contributed by atoms with van der Waals surface area (Å²) < 4.78 is 11.4. The van der Waals surface area contributed by atoms with E-state index in [1.807, 2.05) is 25.1 Å². The molecule has 0 atom stereocenters. The number of rotatable bonds is 9. The van der Waals surface area contributed by atoms with Gasteiger partial charge in [-0.1, -0.05) is 25.5 Å². The molecule has 0 aliphatic carbocycles. The van der Waals surface area contributed by atoms with E-state index in [1.54, 1.807) is 30.5 Å². The van der Waals surface area contributed by atoms with Crippen LogP contribution in [0.5, 0.6) is 11.5 Å². The number of nitrogen functional groups attached to an aromatic ring is 1. The summed E-state index contributed by atoms with van der Waals surface area (Å²) in [5.41, 5.74) is 9.84. The van der Waals surface area contributed by atoms with E-state index < -0.39 is 0 Å². The quantitative estimate of drug-likeness (QED) is 0.311. The average Bonchev–Trinajstić information content (AvgIpc) is 2.64. The molecular weight excluding hydrogens is 330 g/mol. The lowest BCUT2D eigenvalue weighted by Gasteiger charge is -2.12. The van der Waals surface area contributed by atoms with Crippen LogP contribution in [0.4, 0.5) is 5.69 Å². The Hall–Kier alpha value is -3.02. The van der Waals surface area contributed by atoms with Crippen LogP contribution in [0.2, 0.25) is 0 Å². The van der Waals surface area contributed by atoms with Gasteiger partial charge in [0, 0.05) is 5.69 Å². The van der Waals surface area contributed by atoms with Crippen molar-refractivity contribution in [3.8, 4) is 11.5 Å². The molecule has 6 heteroatoms. The number of benzene rings is 2. The molecule has 0 aliphatic heterocycles. The summed E-state index contributed by atoms with van der Waals surface area (Å²) in [5, 5.41) is 3.99. The largest absolute Gasteiger partial charge is 0.490 e. The Morgan fingerprint density at radius 3 is 2.69 bits per heavy atom. The van der Waals surface area contributed by atoms with Gasteiger partial charge in [0.05, 0.1) is 25.0 Å². The first kappa shape index (κ1) is 19.3. The molecule has 0 fully saturated rings. The molecule has 0 saturated heterocycles. The van der Waals surface area contributed by atoms with E-state index in [4.69, 9.17) is 15.2 Å². The zero-order chi connectivity index (χ0) is 18.8. The zero-order valence-electron chi connectivity index (χ0n) is 15.2. The van der Waals surface area contributed by atoms with Crippen LogP contribution in [0.25, 0.3) is 0 Å². The van der Waals surface area contributed by atoms with E-state index in [0.29, 0.717) is 36.0 Å². The molecule has 2 aromatic rings. The predicted octanol–water partition coefficient (Wildman–Crippen LogP) is 3.61. The van der Waals surface area contributed by atoms with Gasteiger partial charge in [-0.15, -0.1) is 0 Å². The van der Waals surface area contributed by atoms with Crippen molar-refractivity contribution in [2.45, 2.75) is 26.7 Å². The fourth-order valence-electron chi connectivity index (χ4n) is 2.25. The summed E-state index contributed by atoms with van der Waals surface area (Å²) in [4.78, 5) is 12.1. The fraction of sp³-hybridized carbons (Fsp3) is 0.300. The molecular formula is C20H25N3O3. The molecule has 1 amide bonds. The number of amides is 1. The Bertz CT molecular complexity index is 760. The van der Waals surface area contributed by atoms with E-state index in [2.05, 4.69) is 17.5 Å². The molecule has 0 heterocycles. The lowest BCUT2D eigenvalue weighted by Crippen LogP contribution is -2.19. The van der Waals surface area contributed by atoms with E-state index in [-0.39, 0.29) is 5.91 Å². The summed E-state index contributed by atoms with van der Waals surface area (Å²) >= 11 is 0. The molecule has 138 valence electrons. The lowest BCUT2D eigenvalue weighted by molar-refractivity contribution is 0.0956. The van der Waals surface area contributed by atoms with Crippen LogP contribution in [0.1, 0.15) is 42.6 Å². The molecule has 26 heavy (non-hydrogen) atoms. The highest BCUT2D eigenvalue weighted by Crippen LogP contribution is 2.28. The number of hydrazone groups is 1. The standard InChI is InChI=1S/C20H25N3O3/c1-3-5-12-26-18-11-10-15(13-19(18)25-4-2)14-22-23-20(24)16-8-6-7-9-17(16)21/h6-11,13-14H,3-5,12,21H2,1-2H3,(H,23,24)/b22-14+. The van der Waals surface area contributed by atoms with Crippen LogP contribution in [-0.4, -0.2) is 25.3 Å². The van der Waals surface area contributed by atoms with E-state index >= 15 is 0 Å². The van der Waals surface area contributed by atoms with Crippen LogP contribution in [0, 0.1) is 0 Å². The third kappa shape index (κ3) is 5.51. The second-order valence-corrected chi connectivity index (χ2v) is 5.63. The van der Waals surface area contributed by atoms with Crippen molar-refractivity contribution in [1.82, 2.24) is 5.43 Å². The summed E-state index contributed by atoms with van der Waals surface area (Å²) in [6.45, 7) is 5.22. The second kappa shape index (κ2) is 10.1. The third-order valence-corrected chi connectivity index (χ3v) is 3.61. The van der Waals surface area contributed by atoms with Gasteiger partial charge in [-0.3, -0.25) is 4.79 Å². The van der Waals surface area contributed by atoms with Gasteiger partial charge in [0.15, 0.2) is 11.5 Å². The Morgan fingerprint density at radius 2 is 1.96 bits per heavy atom. The predicted molar refractivity (Wildman–Crippen MR) is 104 cm³/mol. The highest BCUT2D eigenvalue weighted by atomic mass is 16.5. The van der Waals surface area contributed by atoms with Crippen LogP contribution < -0.4 is 20.6 Å². The summed E-state index contributed by atoms with van der Waals surface area (Å²) in [6.07, 6.45) is 3.61. The molecule has 0 radical (unpaired) electrons. The van der Waals surface area contributed by atoms with Crippen molar-refractivity contribution in [2.24, 2.45) is 5.10 Å². The van der Waals surface area contributed by atoms with E-state index in [0.717, 1.165) is 18.4 Å². The Labute approximate surface area is 154 Å². The van der Waals surface area contributed by atoms with Gasteiger partial charge in [0.1, 0.15) is 0 Å². The van der Waals surface area contributed by atoms with Gasteiger partial charge in [0.25, 0.3) is 5.91 Å². The maximum absolute atomic E-state index is 12.1. The first-order valence-corrected chi connectivity index (χ1v) is 8.73. The highest BCUT2D eigenvalue weighted by molar-refractivity contribution is 5.99. The van der Waals surface area contributed by atoms with Crippen LogP contribution in [-0.2, 0) is 0 Å². The van der Waals surface area contributed by atoms with Crippen LogP contribution in [0.3, 0.4) is 0 Å². The van der Waals surface area contributed by atoms with Crippen molar-refractivity contribution >= 4 is 17.8 Å². The number of carbonyl (C=O) groups is 1. The minimum atomic E-state index is -0.357. The van der Waals surface area contributed by atoms with Gasteiger partial charge in [-0.25, -0.2) is 5.43 Å². The number of hydrogen-bond acceptors (Lipinski definition) is 5. The Balaban J connectivity index is 2.04. The van der Waals surface area contributed by atoms with Crippen molar-refractivity contribution < 1.29 is 14.3 Å². The number of nitrogens with zero attached hydrogens (tertiary/aromatic N) is 1. The minimum absolute atomic E-state index is 0.357. The summed E-state index contributed by atoms with van der Waals surface area (Å²) in [6, 6.07) is 12.4. The van der Waals surface area contributed by atoms with Gasteiger partial charge in [0.2, 0.25) is 0 Å². The van der Waals surface area contributed by atoms with Crippen molar-refractivity contribution in [1.29, 1.82) is 0 Å². The number of para-hydroxylation sites is 1. The monoisotopic (exact) mass is 355 g/mol. The highest BCUT2D eigenvalue weighted by Gasteiger charge is 2.08. The number of anilines is 1. The number of hydrogen-bond donors (Lipinski definition) is 2. The van der Waals surface area contributed by atoms with Crippen molar-refractivity contribution in [3.63, 3.8) is 0 Å². The van der Waals surface area contributed by atoms with Gasteiger partial charge < -0.3 is 15.2 Å². The Morgan fingerprint density at radius 1 is 1.15 bits per heavy atom. The smallest absolute Gasteiger partial charge is 0.273 e. The van der Waals surface area contributed by atoms with Gasteiger partial charge >= 0.3 is 0 Å². The fourth-order valence-corrected chi connectivity index (χ4v) is 2.25. The topological polar surface area (TPSA) is 85.9 Å². The molecule has 0 aromatic heterocycles. The lowest BCUT2D eigenvalue weighted by atomic mass is 10.2. The normalized spacial score (nSPS) is 10.7. The van der Waals surface area contributed by atoms with Crippen LogP contribution >= 0.6 is 0 Å². The molecule has 2 aromatic carbocycles. The number of ether oxygens (including phenoxy) is 2. The minimum Gasteiger partial charge on any atom is -0.490 e. The molecule has 3 N–H and O–H groups in total. The number of nitrogens with one attached hydrogen (secondary N) is 1. The third-order valence-electron chi connectivity index (χ3n) is 3.61. The van der Waals surface area contributed by atoms with Crippen molar-refractivity contribution in [3.05, 3.63) is 53.6 Å². The summed E-state index contributed by atoms with van der Waals surface area (Å²) in [7, 11) is 0. The Kier molecular flexibility index (Phi) is 7.49. The SMILES string of the molecule is CCCCOc1ccc(/C=N/NC(=O)c2ccccc2N)cc1OCC. The van der Waals surface area contributed by atoms with Crippen LogP contribution in [0.15, 0.2) is 47.6 Å². The van der Waals surface area contributed by atoms with E-state index in [1.165, 1.54) is 0 Å². The van der Waals surface area contributed by atoms with E-state index in [9.17, 15) is 4.79 Å². The molecule has 0 saturated carbocycles. The van der Waals surface area contributed by atoms with Gasteiger partial charge in [-0.05, 0) is 49.2 Å². The number of carbonyl (C=O) groups excluding carboxylic acids is 1. The maximum Gasteiger partial charge on any atom is 0.273 e. The zero-order valence-corrected chi connectivity index (χ0v) is 15.2. The summed E-state index contributed by atoms with van der Waals surface area (Å²) in [5.74, 6) is 1.01. The van der Waals surface area contributed by atoms with Crippen molar-refractivity contribution in [2.75, 3.05) is 18.9 Å². The molecule has 0 spiro atoms. The van der Waals surface area contributed by atoms with Gasteiger partial charge in [-0.2, -0.15) is 5.10 Å². The molecule has 6 nitrogen and oxygen atoms in total. The maximum atomic E-state index is 12.1. The molecule has 0 bridgehead atoms. The second-order valence-electron chi connectivity index (χ2n) is 5.63. The number of unbranched alkanes of at least 4 members (excludes halogenated alkanes) is 1. The first-order valence-electron chi connectivity index (χ1n) is 8.73. The molecule has 0 unspecified atom stereocenters. The molecule has 2 rings (SSSR count).